The average molecular weight is 378 g/mol. The van der Waals surface area contributed by atoms with Crippen LogP contribution in [0.15, 0.2) is 23.4 Å². The van der Waals surface area contributed by atoms with Crippen LogP contribution in [0.2, 0.25) is 0 Å². The molecule has 0 radical (unpaired) electrons. The Balaban J connectivity index is 1.90. The van der Waals surface area contributed by atoms with Crippen molar-refractivity contribution in [3.05, 3.63) is 29.6 Å². The van der Waals surface area contributed by atoms with Crippen molar-refractivity contribution in [2.75, 3.05) is 26.5 Å². The minimum atomic E-state index is -0.164. The van der Waals surface area contributed by atoms with Gasteiger partial charge in [0.25, 0.3) is 5.91 Å². The lowest BCUT2D eigenvalue weighted by atomic mass is 10.2. The standard InChI is InChI=1S/C18H26N4O3S/c1-12(2)11-26-18-21-20-16(22(18)3)8-9-19-17(23)13-6-7-14(24-4)15(10-13)25-5/h6-7,10,12H,8-9,11H2,1-5H3,(H,19,23). The number of aromatic nitrogens is 3. The van der Waals surface area contributed by atoms with Crippen LogP contribution in [0.5, 0.6) is 11.5 Å². The van der Waals surface area contributed by atoms with Gasteiger partial charge in [-0.05, 0) is 24.1 Å². The highest BCUT2D eigenvalue weighted by molar-refractivity contribution is 7.99. The van der Waals surface area contributed by atoms with Gasteiger partial charge in [0.05, 0.1) is 14.2 Å². The molecule has 7 nitrogen and oxygen atoms in total. The van der Waals surface area contributed by atoms with Crippen LogP contribution in [0, 0.1) is 5.92 Å². The minimum Gasteiger partial charge on any atom is -0.493 e. The summed E-state index contributed by atoms with van der Waals surface area (Å²) in [6, 6.07) is 5.09. The second-order valence-electron chi connectivity index (χ2n) is 6.24. The number of hydrogen-bond donors (Lipinski definition) is 1. The van der Waals surface area contributed by atoms with Gasteiger partial charge in [0.15, 0.2) is 16.7 Å². The van der Waals surface area contributed by atoms with Gasteiger partial charge in [-0.25, -0.2) is 0 Å². The number of rotatable bonds is 9. The zero-order chi connectivity index (χ0) is 19.1. The number of ether oxygens (including phenoxy) is 2. The van der Waals surface area contributed by atoms with Gasteiger partial charge in [-0.1, -0.05) is 25.6 Å². The molecular formula is C18H26N4O3S. The van der Waals surface area contributed by atoms with Crippen LogP contribution in [0.1, 0.15) is 30.0 Å². The maximum absolute atomic E-state index is 12.3. The zero-order valence-electron chi connectivity index (χ0n) is 15.9. The summed E-state index contributed by atoms with van der Waals surface area (Å²) >= 11 is 1.70. The molecule has 0 aliphatic heterocycles. The van der Waals surface area contributed by atoms with Crippen LogP contribution in [0.25, 0.3) is 0 Å². The van der Waals surface area contributed by atoms with E-state index in [-0.39, 0.29) is 5.91 Å². The molecule has 0 saturated carbocycles. The molecule has 0 fully saturated rings. The Morgan fingerprint density at radius 3 is 2.62 bits per heavy atom. The molecule has 1 amide bonds. The molecule has 0 spiro atoms. The Morgan fingerprint density at radius 1 is 1.23 bits per heavy atom. The summed E-state index contributed by atoms with van der Waals surface area (Å²) in [4.78, 5) is 12.3. The molecule has 0 atom stereocenters. The predicted molar refractivity (Wildman–Crippen MR) is 102 cm³/mol. The summed E-state index contributed by atoms with van der Waals surface area (Å²) in [5, 5.41) is 12.2. The fourth-order valence-corrected chi connectivity index (χ4v) is 3.18. The summed E-state index contributed by atoms with van der Waals surface area (Å²) in [6.07, 6.45) is 0.616. The van der Waals surface area contributed by atoms with Crippen molar-refractivity contribution in [3.63, 3.8) is 0 Å². The molecule has 8 heteroatoms. The number of amides is 1. The lowest BCUT2D eigenvalue weighted by molar-refractivity contribution is 0.0953. The molecule has 2 aromatic rings. The molecule has 1 N–H and O–H groups in total. The molecule has 0 saturated heterocycles. The van der Waals surface area contributed by atoms with E-state index in [2.05, 4.69) is 29.4 Å². The third-order valence-corrected chi connectivity index (χ3v) is 5.20. The van der Waals surface area contributed by atoms with Crippen molar-refractivity contribution in [2.24, 2.45) is 13.0 Å². The Labute approximate surface area is 158 Å². The number of carbonyl (C=O) groups excluding carboxylic acids is 1. The van der Waals surface area contributed by atoms with Gasteiger partial charge in [0.2, 0.25) is 0 Å². The second kappa shape index (κ2) is 9.47. The normalized spacial score (nSPS) is 10.8. The summed E-state index contributed by atoms with van der Waals surface area (Å²) < 4.78 is 12.4. The van der Waals surface area contributed by atoms with E-state index in [4.69, 9.17) is 9.47 Å². The molecule has 0 aliphatic rings. The average Bonchev–Trinajstić information content (AvgIpc) is 2.99. The van der Waals surface area contributed by atoms with E-state index in [1.807, 2.05) is 11.6 Å². The number of methoxy groups -OCH3 is 2. The molecule has 0 aliphatic carbocycles. The van der Waals surface area contributed by atoms with E-state index >= 15 is 0 Å². The first-order chi connectivity index (χ1) is 12.5. The smallest absolute Gasteiger partial charge is 0.251 e. The molecule has 2 rings (SSSR count). The molecule has 142 valence electrons. The van der Waals surface area contributed by atoms with E-state index in [0.29, 0.717) is 35.9 Å². The van der Waals surface area contributed by atoms with E-state index in [1.165, 1.54) is 0 Å². The van der Waals surface area contributed by atoms with Crippen molar-refractivity contribution < 1.29 is 14.3 Å². The molecule has 26 heavy (non-hydrogen) atoms. The van der Waals surface area contributed by atoms with E-state index in [9.17, 15) is 4.79 Å². The highest BCUT2D eigenvalue weighted by Crippen LogP contribution is 2.27. The molecule has 1 heterocycles. The fourth-order valence-electron chi connectivity index (χ4n) is 2.30. The molecular weight excluding hydrogens is 352 g/mol. The Hall–Kier alpha value is -2.22. The third kappa shape index (κ3) is 5.14. The third-order valence-electron chi connectivity index (χ3n) is 3.75. The first-order valence-corrected chi connectivity index (χ1v) is 9.46. The quantitative estimate of drug-likeness (QED) is 0.676. The van der Waals surface area contributed by atoms with Crippen molar-refractivity contribution >= 4 is 17.7 Å². The predicted octanol–water partition coefficient (Wildman–Crippen LogP) is 2.55. The summed E-state index contributed by atoms with van der Waals surface area (Å²) in [5.41, 5.74) is 0.522. The molecule has 0 bridgehead atoms. The van der Waals surface area contributed by atoms with Gasteiger partial charge in [0.1, 0.15) is 5.82 Å². The minimum absolute atomic E-state index is 0.164. The second-order valence-corrected chi connectivity index (χ2v) is 7.23. The molecule has 0 unspecified atom stereocenters. The number of thioether (sulfide) groups is 1. The van der Waals surface area contributed by atoms with Crippen LogP contribution in [0.3, 0.4) is 0 Å². The van der Waals surface area contributed by atoms with E-state index in [0.717, 1.165) is 16.7 Å². The molecule has 1 aromatic carbocycles. The number of benzene rings is 1. The first-order valence-electron chi connectivity index (χ1n) is 8.47. The highest BCUT2D eigenvalue weighted by atomic mass is 32.2. The van der Waals surface area contributed by atoms with Crippen LogP contribution in [-0.4, -0.2) is 47.2 Å². The van der Waals surface area contributed by atoms with Gasteiger partial charge in [0, 0.05) is 31.3 Å². The Bertz CT molecular complexity index is 746. The monoisotopic (exact) mass is 378 g/mol. The Kier molecular flexibility index (Phi) is 7.32. The molecule has 1 aromatic heterocycles. The van der Waals surface area contributed by atoms with Crippen LogP contribution < -0.4 is 14.8 Å². The SMILES string of the molecule is COc1ccc(C(=O)NCCc2nnc(SCC(C)C)n2C)cc1OC. The summed E-state index contributed by atoms with van der Waals surface area (Å²) in [6.45, 7) is 4.83. The number of nitrogens with zero attached hydrogens (tertiary/aromatic N) is 3. The van der Waals surface area contributed by atoms with E-state index < -0.39 is 0 Å². The lowest BCUT2D eigenvalue weighted by Gasteiger charge is -2.10. The topological polar surface area (TPSA) is 78.3 Å². The largest absolute Gasteiger partial charge is 0.493 e. The maximum atomic E-state index is 12.3. The van der Waals surface area contributed by atoms with Crippen LogP contribution >= 0.6 is 11.8 Å². The van der Waals surface area contributed by atoms with Crippen molar-refractivity contribution in [3.8, 4) is 11.5 Å². The van der Waals surface area contributed by atoms with E-state index in [1.54, 1.807) is 44.2 Å². The Morgan fingerprint density at radius 2 is 1.96 bits per heavy atom. The van der Waals surface area contributed by atoms with Gasteiger partial charge in [-0.15, -0.1) is 10.2 Å². The van der Waals surface area contributed by atoms with Crippen LogP contribution in [0.4, 0.5) is 0 Å². The first kappa shape index (κ1) is 20.1. The lowest BCUT2D eigenvalue weighted by Crippen LogP contribution is -2.26. The van der Waals surface area contributed by atoms with Gasteiger partial charge >= 0.3 is 0 Å². The fraction of sp³-hybridized carbons (Fsp3) is 0.500. The van der Waals surface area contributed by atoms with Gasteiger partial charge < -0.3 is 19.4 Å². The maximum Gasteiger partial charge on any atom is 0.251 e. The number of nitrogens with one attached hydrogen (secondary N) is 1. The van der Waals surface area contributed by atoms with Gasteiger partial charge in [-0.3, -0.25) is 4.79 Å². The van der Waals surface area contributed by atoms with Gasteiger partial charge in [-0.2, -0.15) is 0 Å². The number of carbonyl (C=O) groups is 1. The summed E-state index contributed by atoms with van der Waals surface area (Å²) in [5.74, 6) is 3.41. The van der Waals surface area contributed by atoms with Crippen molar-refractivity contribution in [2.45, 2.75) is 25.4 Å². The summed E-state index contributed by atoms with van der Waals surface area (Å²) in [7, 11) is 5.06. The zero-order valence-corrected chi connectivity index (χ0v) is 16.7. The highest BCUT2D eigenvalue weighted by Gasteiger charge is 2.12. The van der Waals surface area contributed by atoms with Crippen LogP contribution in [-0.2, 0) is 13.5 Å². The van der Waals surface area contributed by atoms with Crippen molar-refractivity contribution in [1.82, 2.24) is 20.1 Å². The van der Waals surface area contributed by atoms with Crippen molar-refractivity contribution in [1.29, 1.82) is 0 Å². The number of hydrogen-bond acceptors (Lipinski definition) is 6.